The van der Waals surface area contributed by atoms with Gasteiger partial charge in [-0.05, 0) is 44.1 Å². The largest absolute Gasteiger partial charge is 0.353 e. The molecule has 1 saturated heterocycles. The van der Waals surface area contributed by atoms with E-state index in [-0.39, 0.29) is 0 Å². The first-order valence-corrected chi connectivity index (χ1v) is 8.46. The van der Waals surface area contributed by atoms with Crippen molar-refractivity contribution in [3.05, 3.63) is 40.0 Å². The second kappa shape index (κ2) is 7.76. The number of pyridine rings is 1. The van der Waals surface area contributed by atoms with Crippen LogP contribution in [0.3, 0.4) is 0 Å². The van der Waals surface area contributed by atoms with Gasteiger partial charge in [0.1, 0.15) is 6.07 Å². The average molecular weight is 356 g/mol. The van der Waals surface area contributed by atoms with Gasteiger partial charge in [-0.15, -0.1) is 0 Å². The smallest absolute Gasteiger partial charge is 0.182 e. The summed E-state index contributed by atoms with van der Waals surface area (Å²) >= 11 is 3.47. The third-order valence-corrected chi connectivity index (χ3v) is 4.34. The maximum atomic E-state index is 9.38. The summed E-state index contributed by atoms with van der Waals surface area (Å²) < 4.78 is 1.00. The van der Waals surface area contributed by atoms with Crippen LogP contribution < -0.4 is 0 Å². The summed E-state index contributed by atoms with van der Waals surface area (Å²) in [4.78, 5) is 6.58. The predicted molar refractivity (Wildman–Crippen MR) is 94.8 cm³/mol. The van der Waals surface area contributed by atoms with Crippen LogP contribution in [0.2, 0.25) is 0 Å². The quantitative estimate of drug-likeness (QED) is 0.721. The Labute approximate surface area is 141 Å². The number of hydrogen-bond donors (Lipinski definition) is 0. The number of nitriles is 1. The second-order valence-corrected chi connectivity index (χ2v) is 6.10. The van der Waals surface area contributed by atoms with Crippen molar-refractivity contribution in [2.75, 3.05) is 13.1 Å². The van der Waals surface area contributed by atoms with Crippen LogP contribution in [0, 0.1) is 11.3 Å². The SMILES string of the molecule is CC.[B]N1CCC(c2nc3cc(Br)ccc3cc2C#N)CC1. The fraction of sp³-hybridized carbons (Fsp3) is 0.412. The number of nitrogens with zero attached hydrogens (tertiary/aromatic N) is 3. The van der Waals surface area contributed by atoms with Gasteiger partial charge in [0.2, 0.25) is 0 Å². The molecule has 1 aromatic carbocycles. The van der Waals surface area contributed by atoms with E-state index < -0.39 is 0 Å². The molecule has 0 bridgehead atoms. The Morgan fingerprint density at radius 3 is 2.59 bits per heavy atom. The van der Waals surface area contributed by atoms with Crippen molar-refractivity contribution in [1.82, 2.24) is 9.79 Å². The molecule has 2 radical (unpaired) electrons. The van der Waals surface area contributed by atoms with Gasteiger partial charge in [0.05, 0.1) is 16.8 Å². The maximum Gasteiger partial charge on any atom is 0.182 e. The molecule has 112 valence electrons. The van der Waals surface area contributed by atoms with E-state index >= 15 is 0 Å². The lowest BCUT2D eigenvalue weighted by Crippen LogP contribution is -2.31. The molecule has 3 rings (SSSR count). The van der Waals surface area contributed by atoms with Crippen LogP contribution in [0.4, 0.5) is 0 Å². The van der Waals surface area contributed by atoms with Crippen LogP contribution in [0.1, 0.15) is 43.9 Å². The average Bonchev–Trinajstić information content (AvgIpc) is 2.56. The van der Waals surface area contributed by atoms with E-state index in [0.29, 0.717) is 11.5 Å². The molecule has 22 heavy (non-hydrogen) atoms. The van der Waals surface area contributed by atoms with Gasteiger partial charge >= 0.3 is 0 Å². The molecule has 0 atom stereocenters. The minimum Gasteiger partial charge on any atom is -0.353 e. The highest BCUT2D eigenvalue weighted by atomic mass is 79.9. The summed E-state index contributed by atoms with van der Waals surface area (Å²) in [5.41, 5.74) is 2.55. The molecular weight excluding hydrogens is 337 g/mol. The van der Waals surface area contributed by atoms with Crippen molar-refractivity contribution < 1.29 is 0 Å². The first-order valence-electron chi connectivity index (χ1n) is 7.67. The fourth-order valence-electron chi connectivity index (χ4n) is 2.73. The molecular formula is C17H19BBrN3. The Kier molecular flexibility index (Phi) is 5.99. The molecule has 1 fully saturated rings. The van der Waals surface area contributed by atoms with E-state index in [2.05, 4.69) is 22.0 Å². The van der Waals surface area contributed by atoms with Gasteiger partial charge in [0, 0.05) is 15.8 Å². The molecule has 2 heterocycles. The number of benzene rings is 1. The fourth-order valence-corrected chi connectivity index (χ4v) is 3.08. The van der Waals surface area contributed by atoms with Gasteiger partial charge < -0.3 is 4.81 Å². The Hall–Kier alpha value is -1.38. The van der Waals surface area contributed by atoms with Gasteiger partial charge in [-0.25, -0.2) is 0 Å². The minimum absolute atomic E-state index is 0.327. The number of aromatic nitrogens is 1. The maximum absolute atomic E-state index is 9.38. The highest BCUT2D eigenvalue weighted by Gasteiger charge is 2.22. The number of fused-ring (bicyclic) bond motifs is 1. The zero-order valence-electron chi connectivity index (χ0n) is 13.0. The van der Waals surface area contributed by atoms with Crippen molar-refractivity contribution in [3.63, 3.8) is 0 Å². The Morgan fingerprint density at radius 1 is 1.27 bits per heavy atom. The summed E-state index contributed by atoms with van der Waals surface area (Å²) in [6.07, 6.45) is 1.91. The molecule has 1 aliphatic rings. The van der Waals surface area contributed by atoms with E-state index in [1.54, 1.807) is 0 Å². The third kappa shape index (κ3) is 3.68. The lowest BCUT2D eigenvalue weighted by Gasteiger charge is -2.29. The molecule has 0 saturated carbocycles. The highest BCUT2D eigenvalue weighted by molar-refractivity contribution is 9.10. The first kappa shape index (κ1) is 17.0. The van der Waals surface area contributed by atoms with E-state index in [0.717, 1.165) is 47.0 Å². The zero-order valence-corrected chi connectivity index (χ0v) is 14.6. The second-order valence-electron chi connectivity index (χ2n) is 5.18. The molecule has 0 spiro atoms. The first-order chi connectivity index (χ1) is 10.7. The molecule has 3 nitrogen and oxygen atoms in total. The standard InChI is InChI=1S/C15H13BBrN3.C2H6/c16-20-5-3-10(4-6-20)15-12(9-18)7-11-1-2-13(17)8-14(11)19-15;1-2/h1-2,7-8,10H,3-6H2;1-2H3. The van der Waals surface area contributed by atoms with Crippen LogP contribution in [-0.2, 0) is 0 Å². The van der Waals surface area contributed by atoms with Gasteiger partial charge in [-0.3, -0.25) is 4.98 Å². The van der Waals surface area contributed by atoms with E-state index in [4.69, 9.17) is 13.0 Å². The van der Waals surface area contributed by atoms with Crippen molar-refractivity contribution in [2.45, 2.75) is 32.6 Å². The number of piperidine rings is 1. The lowest BCUT2D eigenvalue weighted by atomic mass is 9.89. The van der Waals surface area contributed by atoms with Gasteiger partial charge in [-0.2, -0.15) is 5.26 Å². The topological polar surface area (TPSA) is 39.9 Å². The predicted octanol–water partition coefficient (Wildman–Crippen LogP) is 4.16. The molecule has 0 unspecified atom stereocenters. The van der Waals surface area contributed by atoms with E-state index in [1.807, 2.05) is 42.9 Å². The van der Waals surface area contributed by atoms with E-state index in [1.165, 1.54) is 0 Å². The number of rotatable bonds is 1. The van der Waals surface area contributed by atoms with Crippen LogP contribution in [0.5, 0.6) is 0 Å². The van der Waals surface area contributed by atoms with Crippen LogP contribution >= 0.6 is 15.9 Å². The molecule has 1 aliphatic heterocycles. The summed E-state index contributed by atoms with van der Waals surface area (Å²) in [6.45, 7) is 5.71. The van der Waals surface area contributed by atoms with Crippen molar-refractivity contribution in [3.8, 4) is 6.07 Å². The Balaban J connectivity index is 0.000000847. The molecule has 0 amide bonds. The third-order valence-electron chi connectivity index (χ3n) is 3.85. The zero-order chi connectivity index (χ0) is 16.1. The summed E-state index contributed by atoms with van der Waals surface area (Å²) in [6, 6.07) is 10.2. The van der Waals surface area contributed by atoms with Crippen LogP contribution in [0.25, 0.3) is 10.9 Å². The minimum atomic E-state index is 0.327. The van der Waals surface area contributed by atoms with Crippen molar-refractivity contribution in [2.24, 2.45) is 0 Å². The van der Waals surface area contributed by atoms with Crippen molar-refractivity contribution in [1.29, 1.82) is 5.26 Å². The lowest BCUT2D eigenvalue weighted by molar-refractivity contribution is 0.331. The van der Waals surface area contributed by atoms with Gasteiger partial charge in [-0.1, -0.05) is 35.8 Å². The van der Waals surface area contributed by atoms with Crippen LogP contribution in [-0.4, -0.2) is 30.9 Å². The normalized spacial score (nSPS) is 15.9. The molecule has 2 aromatic rings. The number of hydrogen-bond acceptors (Lipinski definition) is 3. The molecule has 1 aromatic heterocycles. The number of halogens is 1. The molecule has 5 heteroatoms. The van der Waals surface area contributed by atoms with Gasteiger partial charge in [0.15, 0.2) is 7.98 Å². The summed E-state index contributed by atoms with van der Waals surface area (Å²) in [5, 5.41) is 10.4. The Bertz CT molecular complexity index is 688. The van der Waals surface area contributed by atoms with Crippen LogP contribution in [0.15, 0.2) is 28.7 Å². The Morgan fingerprint density at radius 2 is 1.95 bits per heavy atom. The highest BCUT2D eigenvalue weighted by Crippen LogP contribution is 2.30. The molecule has 0 aliphatic carbocycles. The van der Waals surface area contributed by atoms with E-state index in [9.17, 15) is 5.26 Å². The molecule has 0 N–H and O–H groups in total. The van der Waals surface area contributed by atoms with Gasteiger partial charge in [0.25, 0.3) is 0 Å². The monoisotopic (exact) mass is 355 g/mol. The summed E-state index contributed by atoms with van der Waals surface area (Å²) in [7, 11) is 5.80. The van der Waals surface area contributed by atoms with Crippen molar-refractivity contribution >= 4 is 34.8 Å². The summed E-state index contributed by atoms with van der Waals surface area (Å²) in [5.74, 6) is 0.327.